The third kappa shape index (κ3) is 3.46. The van der Waals surface area contributed by atoms with Gasteiger partial charge in [0.25, 0.3) is 5.91 Å². The highest BCUT2D eigenvalue weighted by atomic mass is 32.1. The Bertz CT molecular complexity index is 644. The molecule has 0 bridgehead atoms. The number of para-hydroxylation sites is 1. The highest BCUT2D eigenvalue weighted by Gasteiger charge is 2.26. The molecule has 0 aliphatic heterocycles. The van der Waals surface area contributed by atoms with Gasteiger partial charge >= 0.3 is 0 Å². The van der Waals surface area contributed by atoms with Gasteiger partial charge in [0, 0.05) is 16.7 Å². The number of benzene rings is 1. The van der Waals surface area contributed by atoms with Crippen molar-refractivity contribution in [2.24, 2.45) is 0 Å². The minimum Gasteiger partial charge on any atom is -0.389 e. The van der Waals surface area contributed by atoms with E-state index in [1.807, 2.05) is 32.9 Å². The maximum Gasteiger partial charge on any atom is 0.269 e. The lowest BCUT2D eigenvalue weighted by molar-refractivity contribution is 0.102. The fraction of sp³-hybridized carbons (Fsp3) is 0.400. The summed E-state index contributed by atoms with van der Waals surface area (Å²) in [7, 11) is 0. The van der Waals surface area contributed by atoms with Gasteiger partial charge in [-0.25, -0.2) is 0 Å². The Morgan fingerprint density at radius 2 is 2.00 bits per heavy atom. The van der Waals surface area contributed by atoms with Gasteiger partial charge in [-0.2, -0.15) is 0 Å². The zero-order chi connectivity index (χ0) is 15.6. The second kappa shape index (κ2) is 5.91. The van der Waals surface area contributed by atoms with Crippen LogP contribution >= 0.6 is 11.5 Å². The first kappa shape index (κ1) is 15.6. The predicted molar refractivity (Wildman–Crippen MR) is 83.6 cm³/mol. The number of amides is 1. The molecule has 0 aliphatic carbocycles. The Morgan fingerprint density at radius 3 is 2.62 bits per heavy atom. The van der Waals surface area contributed by atoms with E-state index in [9.17, 15) is 9.90 Å². The SMILES string of the molecule is CC(O)c1ccccc1NC(=O)c1snnc1C(C)(C)C. The van der Waals surface area contributed by atoms with Crippen molar-refractivity contribution in [2.45, 2.75) is 39.2 Å². The third-order valence-corrected chi connectivity index (χ3v) is 3.79. The molecule has 2 N–H and O–H groups in total. The predicted octanol–water partition coefficient (Wildman–Crippen LogP) is 3.14. The van der Waals surface area contributed by atoms with Gasteiger partial charge in [-0.3, -0.25) is 4.79 Å². The van der Waals surface area contributed by atoms with Gasteiger partial charge in [0.2, 0.25) is 0 Å². The Hall–Kier alpha value is -1.79. The normalized spacial score (nSPS) is 13.0. The Labute approximate surface area is 128 Å². The fourth-order valence-corrected chi connectivity index (χ4v) is 2.76. The molecule has 1 heterocycles. The van der Waals surface area contributed by atoms with Gasteiger partial charge in [0.05, 0.1) is 11.8 Å². The topological polar surface area (TPSA) is 75.1 Å². The maximum atomic E-state index is 12.5. The molecule has 21 heavy (non-hydrogen) atoms. The van der Waals surface area contributed by atoms with E-state index in [0.717, 1.165) is 11.5 Å². The highest BCUT2D eigenvalue weighted by Crippen LogP contribution is 2.28. The van der Waals surface area contributed by atoms with Crippen molar-refractivity contribution in [3.63, 3.8) is 0 Å². The minimum atomic E-state index is -0.650. The monoisotopic (exact) mass is 305 g/mol. The Kier molecular flexibility index (Phi) is 4.39. The second-order valence-electron chi connectivity index (χ2n) is 5.92. The van der Waals surface area contributed by atoms with Gasteiger partial charge in [0.15, 0.2) is 0 Å². The molecule has 1 aromatic carbocycles. The largest absolute Gasteiger partial charge is 0.389 e. The number of hydrogen-bond donors (Lipinski definition) is 2. The van der Waals surface area contributed by atoms with Crippen molar-refractivity contribution in [2.75, 3.05) is 5.32 Å². The molecule has 1 amide bonds. The molecule has 2 aromatic rings. The van der Waals surface area contributed by atoms with Crippen LogP contribution in [0.4, 0.5) is 5.69 Å². The Balaban J connectivity index is 2.30. The van der Waals surface area contributed by atoms with Crippen LogP contribution in [0.1, 0.15) is 54.7 Å². The summed E-state index contributed by atoms with van der Waals surface area (Å²) in [5, 5.41) is 16.7. The van der Waals surface area contributed by atoms with Crippen molar-refractivity contribution in [1.82, 2.24) is 9.59 Å². The summed E-state index contributed by atoms with van der Waals surface area (Å²) < 4.78 is 3.89. The molecule has 0 saturated carbocycles. The number of nitrogens with zero attached hydrogens (tertiary/aromatic N) is 2. The van der Waals surface area contributed by atoms with Crippen molar-refractivity contribution >= 4 is 23.1 Å². The van der Waals surface area contributed by atoms with Gasteiger partial charge in [-0.15, -0.1) is 5.10 Å². The lowest BCUT2D eigenvalue weighted by Gasteiger charge is -2.17. The Morgan fingerprint density at radius 1 is 1.33 bits per heavy atom. The molecule has 1 atom stereocenters. The molecule has 1 unspecified atom stereocenters. The van der Waals surface area contributed by atoms with Gasteiger partial charge in [-0.1, -0.05) is 43.5 Å². The minimum absolute atomic E-state index is 0.247. The lowest BCUT2D eigenvalue weighted by atomic mass is 9.91. The highest BCUT2D eigenvalue weighted by molar-refractivity contribution is 7.08. The molecule has 0 aliphatic rings. The van der Waals surface area contributed by atoms with Crippen molar-refractivity contribution in [3.8, 4) is 0 Å². The molecule has 1 aromatic heterocycles. The second-order valence-corrected chi connectivity index (χ2v) is 6.67. The van der Waals surface area contributed by atoms with Gasteiger partial charge in [-0.05, 0) is 24.5 Å². The molecule has 112 valence electrons. The number of hydrogen-bond acceptors (Lipinski definition) is 5. The van der Waals surface area contributed by atoms with Crippen LogP contribution in [-0.2, 0) is 5.41 Å². The zero-order valence-electron chi connectivity index (χ0n) is 12.5. The lowest BCUT2D eigenvalue weighted by Crippen LogP contribution is -2.20. The van der Waals surface area contributed by atoms with Gasteiger partial charge < -0.3 is 10.4 Å². The number of aliphatic hydroxyl groups excluding tert-OH is 1. The number of carbonyl (C=O) groups excluding carboxylic acids is 1. The third-order valence-electron chi connectivity index (χ3n) is 3.06. The van der Waals surface area contributed by atoms with Crippen LogP contribution in [0.5, 0.6) is 0 Å². The molecular weight excluding hydrogens is 286 g/mol. The summed E-state index contributed by atoms with van der Waals surface area (Å²) in [4.78, 5) is 13.0. The number of aliphatic hydroxyl groups is 1. The quantitative estimate of drug-likeness (QED) is 0.913. The van der Waals surface area contributed by atoms with E-state index in [1.54, 1.807) is 19.1 Å². The van der Waals surface area contributed by atoms with E-state index in [4.69, 9.17) is 0 Å². The van der Waals surface area contributed by atoms with Crippen LogP contribution in [-0.4, -0.2) is 20.6 Å². The molecule has 0 fully saturated rings. The van der Waals surface area contributed by atoms with Crippen LogP contribution in [0.25, 0.3) is 0 Å². The molecule has 5 nitrogen and oxygen atoms in total. The average molecular weight is 305 g/mol. The number of aromatic nitrogens is 2. The average Bonchev–Trinajstić information content (AvgIpc) is 2.88. The van der Waals surface area contributed by atoms with Crippen LogP contribution in [0.2, 0.25) is 0 Å². The van der Waals surface area contributed by atoms with E-state index >= 15 is 0 Å². The van der Waals surface area contributed by atoms with Crippen LogP contribution < -0.4 is 5.32 Å². The summed E-state index contributed by atoms with van der Waals surface area (Å²) in [5.74, 6) is -0.247. The number of rotatable bonds is 3. The van der Waals surface area contributed by atoms with Gasteiger partial charge in [0.1, 0.15) is 4.88 Å². The van der Waals surface area contributed by atoms with Crippen LogP contribution in [0.3, 0.4) is 0 Å². The summed E-state index contributed by atoms with van der Waals surface area (Å²) >= 11 is 1.08. The molecule has 0 radical (unpaired) electrons. The molecule has 6 heteroatoms. The maximum absolute atomic E-state index is 12.5. The first-order valence-electron chi connectivity index (χ1n) is 6.72. The summed E-state index contributed by atoms with van der Waals surface area (Å²) in [5.41, 5.74) is 1.72. The first-order valence-corrected chi connectivity index (χ1v) is 7.49. The molecule has 0 spiro atoms. The zero-order valence-corrected chi connectivity index (χ0v) is 13.4. The molecule has 0 saturated heterocycles. The smallest absolute Gasteiger partial charge is 0.269 e. The summed E-state index contributed by atoms with van der Waals surface area (Å²) in [6.07, 6.45) is -0.650. The van der Waals surface area contributed by atoms with E-state index in [-0.39, 0.29) is 11.3 Å². The number of carbonyl (C=O) groups is 1. The van der Waals surface area contributed by atoms with E-state index in [2.05, 4.69) is 14.9 Å². The van der Waals surface area contributed by atoms with Crippen LogP contribution in [0, 0.1) is 0 Å². The molecular formula is C15H19N3O2S. The van der Waals surface area contributed by atoms with E-state index in [0.29, 0.717) is 21.8 Å². The van der Waals surface area contributed by atoms with Crippen molar-refractivity contribution in [1.29, 1.82) is 0 Å². The number of anilines is 1. The first-order chi connectivity index (χ1) is 9.80. The number of nitrogens with one attached hydrogen (secondary N) is 1. The molecule has 2 rings (SSSR count). The van der Waals surface area contributed by atoms with Crippen LogP contribution in [0.15, 0.2) is 24.3 Å². The van der Waals surface area contributed by atoms with Crippen molar-refractivity contribution < 1.29 is 9.90 Å². The fourth-order valence-electron chi connectivity index (χ4n) is 1.98. The van der Waals surface area contributed by atoms with E-state index < -0.39 is 6.10 Å². The van der Waals surface area contributed by atoms with E-state index in [1.165, 1.54) is 0 Å². The summed E-state index contributed by atoms with van der Waals surface area (Å²) in [6.45, 7) is 7.64. The summed E-state index contributed by atoms with van der Waals surface area (Å²) in [6, 6.07) is 7.20. The standard InChI is InChI=1S/C15H19N3O2S/c1-9(19)10-7-5-6-8-11(10)16-14(20)12-13(15(2,3)4)17-18-21-12/h5-9,19H,1-4H3,(H,16,20). The van der Waals surface area contributed by atoms with Crippen molar-refractivity contribution in [3.05, 3.63) is 40.4 Å².